The van der Waals surface area contributed by atoms with Gasteiger partial charge in [-0.3, -0.25) is 0 Å². The Morgan fingerprint density at radius 3 is 2.68 bits per heavy atom. The van der Waals surface area contributed by atoms with Gasteiger partial charge in [0.2, 0.25) is 0 Å². The first kappa shape index (κ1) is 20.2. The average Bonchev–Trinajstić information content (AvgIpc) is 2.73. The standard InChI is InChI=1S/C27H39F/c1-2-3-4-5-20-6-8-24-18-26(12-10-22(24)16-20)27-13-11-23-17-21(14-15-28)7-9-25(23)19-27/h10,12,14-15,18,20-21,23,25,27H,2-9,11,13,16-17,19H2,1H3/b15-14+. The van der Waals surface area contributed by atoms with Crippen molar-refractivity contribution in [2.75, 3.05) is 0 Å². The summed E-state index contributed by atoms with van der Waals surface area (Å²) in [6.07, 6.45) is 20.0. The van der Waals surface area contributed by atoms with E-state index >= 15 is 0 Å². The normalized spacial score (nSPS) is 32.9. The van der Waals surface area contributed by atoms with Crippen LogP contribution in [0.5, 0.6) is 0 Å². The lowest BCUT2D eigenvalue weighted by molar-refractivity contribution is 0.133. The number of allylic oxidation sites excluding steroid dienone is 1. The molecule has 154 valence electrons. The number of unbranched alkanes of at least 4 members (excludes halogenated alkanes) is 2. The van der Waals surface area contributed by atoms with Crippen molar-refractivity contribution in [1.82, 2.24) is 0 Å². The molecule has 4 rings (SSSR count). The zero-order valence-electron chi connectivity index (χ0n) is 17.8. The van der Waals surface area contributed by atoms with Crippen LogP contribution in [-0.2, 0) is 12.8 Å². The van der Waals surface area contributed by atoms with Gasteiger partial charge in [-0.1, -0.05) is 56.9 Å². The highest BCUT2D eigenvalue weighted by Crippen LogP contribution is 2.48. The zero-order valence-corrected chi connectivity index (χ0v) is 17.8. The first-order chi connectivity index (χ1) is 13.8. The van der Waals surface area contributed by atoms with Crippen LogP contribution in [-0.4, -0.2) is 0 Å². The van der Waals surface area contributed by atoms with Crippen LogP contribution < -0.4 is 0 Å². The maximum Gasteiger partial charge on any atom is 0.0829 e. The summed E-state index contributed by atoms with van der Waals surface area (Å²) in [5.74, 6) is 3.91. The third-order valence-electron chi connectivity index (χ3n) is 8.25. The van der Waals surface area contributed by atoms with Crippen LogP contribution in [0.15, 0.2) is 30.6 Å². The van der Waals surface area contributed by atoms with Gasteiger partial charge in [0.1, 0.15) is 0 Å². The van der Waals surface area contributed by atoms with Crippen molar-refractivity contribution in [1.29, 1.82) is 0 Å². The van der Waals surface area contributed by atoms with E-state index < -0.39 is 0 Å². The van der Waals surface area contributed by atoms with Crippen molar-refractivity contribution in [2.45, 2.75) is 96.3 Å². The van der Waals surface area contributed by atoms with Crippen LogP contribution in [0.2, 0.25) is 0 Å². The van der Waals surface area contributed by atoms with Gasteiger partial charge in [0, 0.05) is 0 Å². The smallest absolute Gasteiger partial charge is 0.0829 e. The van der Waals surface area contributed by atoms with Gasteiger partial charge in [0.25, 0.3) is 0 Å². The average molecular weight is 383 g/mol. The van der Waals surface area contributed by atoms with E-state index in [1.807, 2.05) is 0 Å². The summed E-state index contributed by atoms with van der Waals surface area (Å²) in [5, 5.41) is 0. The molecule has 1 aromatic carbocycles. The molecule has 0 aromatic heterocycles. The fraction of sp³-hybridized carbons (Fsp3) is 0.704. The highest BCUT2D eigenvalue weighted by atomic mass is 19.1. The van der Waals surface area contributed by atoms with Crippen LogP contribution >= 0.6 is 0 Å². The Labute approximate surface area is 172 Å². The summed E-state index contributed by atoms with van der Waals surface area (Å²) < 4.78 is 12.5. The topological polar surface area (TPSA) is 0 Å². The van der Waals surface area contributed by atoms with Crippen molar-refractivity contribution in [2.24, 2.45) is 23.7 Å². The van der Waals surface area contributed by atoms with E-state index in [0.717, 1.165) is 30.0 Å². The zero-order chi connectivity index (χ0) is 19.3. The second kappa shape index (κ2) is 9.59. The predicted molar refractivity (Wildman–Crippen MR) is 117 cm³/mol. The van der Waals surface area contributed by atoms with E-state index in [9.17, 15) is 4.39 Å². The van der Waals surface area contributed by atoms with Crippen LogP contribution in [0.25, 0.3) is 0 Å². The van der Waals surface area contributed by atoms with E-state index in [1.165, 1.54) is 83.5 Å². The fourth-order valence-electron chi connectivity index (χ4n) is 6.54. The number of hydrogen-bond donors (Lipinski definition) is 0. The molecule has 5 unspecified atom stereocenters. The van der Waals surface area contributed by atoms with E-state index in [2.05, 4.69) is 25.1 Å². The summed E-state index contributed by atoms with van der Waals surface area (Å²) in [5.41, 5.74) is 4.92. The first-order valence-electron chi connectivity index (χ1n) is 12.1. The minimum Gasteiger partial charge on any atom is -0.216 e. The van der Waals surface area contributed by atoms with Crippen LogP contribution in [0, 0.1) is 23.7 Å². The molecule has 1 heteroatoms. The predicted octanol–water partition coefficient (Wildman–Crippen LogP) is 8.16. The maximum absolute atomic E-state index is 12.5. The summed E-state index contributed by atoms with van der Waals surface area (Å²) in [6, 6.07) is 7.53. The Morgan fingerprint density at radius 1 is 0.964 bits per heavy atom. The molecule has 0 spiro atoms. The molecule has 1 aromatic rings. The van der Waals surface area contributed by atoms with Crippen molar-refractivity contribution >= 4 is 0 Å². The van der Waals surface area contributed by atoms with E-state index in [0.29, 0.717) is 5.92 Å². The number of benzene rings is 1. The Kier molecular flexibility index (Phi) is 6.91. The third kappa shape index (κ3) is 4.71. The van der Waals surface area contributed by atoms with Crippen LogP contribution in [0.3, 0.4) is 0 Å². The van der Waals surface area contributed by atoms with Crippen molar-refractivity contribution < 1.29 is 4.39 Å². The molecular formula is C27H39F. The molecular weight excluding hydrogens is 343 g/mol. The number of aryl methyl sites for hydroxylation is 1. The van der Waals surface area contributed by atoms with Crippen molar-refractivity contribution in [3.63, 3.8) is 0 Å². The molecule has 0 N–H and O–H groups in total. The Morgan fingerprint density at radius 2 is 1.82 bits per heavy atom. The number of fused-ring (bicyclic) bond motifs is 2. The molecule has 3 aliphatic carbocycles. The van der Waals surface area contributed by atoms with Crippen molar-refractivity contribution in [3.8, 4) is 0 Å². The van der Waals surface area contributed by atoms with Gasteiger partial charge in [0.05, 0.1) is 6.33 Å². The summed E-state index contributed by atoms with van der Waals surface area (Å²) in [6.45, 7) is 2.30. The number of hydrogen-bond acceptors (Lipinski definition) is 0. The van der Waals surface area contributed by atoms with E-state index in [1.54, 1.807) is 22.8 Å². The van der Waals surface area contributed by atoms with Crippen LogP contribution in [0.1, 0.15) is 100 Å². The van der Waals surface area contributed by atoms with Gasteiger partial charge < -0.3 is 0 Å². The van der Waals surface area contributed by atoms with E-state index in [-0.39, 0.29) is 0 Å². The Bertz CT molecular complexity index is 660. The maximum atomic E-state index is 12.5. The second-order valence-electron chi connectivity index (χ2n) is 10.1. The molecule has 0 heterocycles. The molecule has 0 radical (unpaired) electrons. The lowest BCUT2D eigenvalue weighted by Crippen LogP contribution is -2.30. The monoisotopic (exact) mass is 382 g/mol. The molecule has 28 heavy (non-hydrogen) atoms. The number of rotatable bonds is 6. The van der Waals surface area contributed by atoms with Crippen molar-refractivity contribution in [3.05, 3.63) is 47.3 Å². The Hall–Kier alpha value is -1.11. The summed E-state index contributed by atoms with van der Waals surface area (Å²) in [7, 11) is 0. The minimum absolute atomic E-state index is 0.497. The first-order valence-corrected chi connectivity index (χ1v) is 12.1. The Balaban J connectivity index is 1.35. The molecule has 0 amide bonds. The lowest BCUT2D eigenvalue weighted by atomic mass is 9.63. The molecule has 2 fully saturated rings. The van der Waals surface area contributed by atoms with Gasteiger partial charge in [-0.25, -0.2) is 4.39 Å². The lowest BCUT2D eigenvalue weighted by Gasteiger charge is -2.42. The third-order valence-corrected chi connectivity index (χ3v) is 8.25. The SMILES string of the molecule is CCCCCC1CCc2cc(C3CCC4CC(/C=C/F)CCC4C3)ccc2C1. The number of halogens is 1. The van der Waals surface area contributed by atoms with Crippen LogP contribution in [0.4, 0.5) is 4.39 Å². The largest absolute Gasteiger partial charge is 0.216 e. The fourth-order valence-corrected chi connectivity index (χ4v) is 6.54. The molecule has 3 aliphatic rings. The quantitative estimate of drug-likeness (QED) is 0.435. The van der Waals surface area contributed by atoms with Gasteiger partial charge in [0.15, 0.2) is 0 Å². The van der Waals surface area contributed by atoms with Gasteiger partial charge in [-0.05, 0) is 104 Å². The molecule has 0 saturated heterocycles. The van der Waals surface area contributed by atoms with Gasteiger partial charge >= 0.3 is 0 Å². The summed E-state index contributed by atoms with van der Waals surface area (Å²) >= 11 is 0. The highest BCUT2D eigenvalue weighted by Gasteiger charge is 2.35. The summed E-state index contributed by atoms with van der Waals surface area (Å²) in [4.78, 5) is 0. The highest BCUT2D eigenvalue weighted by molar-refractivity contribution is 5.36. The molecule has 5 atom stereocenters. The van der Waals surface area contributed by atoms with Gasteiger partial charge in [-0.15, -0.1) is 0 Å². The molecule has 0 aliphatic heterocycles. The second-order valence-corrected chi connectivity index (χ2v) is 10.1. The molecule has 0 bridgehead atoms. The van der Waals surface area contributed by atoms with Gasteiger partial charge in [-0.2, -0.15) is 0 Å². The minimum atomic E-state index is 0.497. The molecule has 0 nitrogen and oxygen atoms in total. The molecule has 2 saturated carbocycles. The van der Waals surface area contributed by atoms with E-state index in [4.69, 9.17) is 0 Å².